The number of hydrogen-bond acceptors (Lipinski definition) is 5. The molecule has 9 heteroatoms. The van der Waals surface area contributed by atoms with Crippen molar-refractivity contribution >= 4 is 22.2 Å². The molecule has 116 valence electrons. The summed E-state index contributed by atoms with van der Waals surface area (Å²) in [7, 11) is -5.77. The van der Waals surface area contributed by atoms with E-state index in [4.69, 9.17) is 0 Å². The van der Waals surface area contributed by atoms with Crippen LogP contribution in [0.5, 0.6) is 5.75 Å². The summed E-state index contributed by atoms with van der Waals surface area (Å²) in [4.78, 5) is 11.1. The SMILES string of the molecule is CCOC(=O)/C=C/c1ccccc1OS(=O)(=O)C(F)(F)F. The Hall–Kier alpha value is -2.03. The van der Waals surface area contributed by atoms with Gasteiger partial charge in [-0.2, -0.15) is 21.6 Å². The number of ether oxygens (including phenoxy) is 1. The van der Waals surface area contributed by atoms with Crippen LogP contribution < -0.4 is 4.18 Å². The molecule has 0 spiro atoms. The van der Waals surface area contributed by atoms with Gasteiger partial charge in [-0.05, 0) is 19.1 Å². The van der Waals surface area contributed by atoms with Gasteiger partial charge < -0.3 is 8.92 Å². The maximum absolute atomic E-state index is 12.3. The second kappa shape index (κ2) is 6.61. The van der Waals surface area contributed by atoms with Crippen molar-refractivity contribution in [3.05, 3.63) is 35.9 Å². The van der Waals surface area contributed by atoms with Crippen molar-refractivity contribution < 1.29 is 35.3 Å². The molecule has 0 aliphatic rings. The van der Waals surface area contributed by atoms with Crippen LogP contribution in [0.25, 0.3) is 6.08 Å². The minimum Gasteiger partial charge on any atom is -0.463 e. The lowest BCUT2D eigenvalue weighted by molar-refractivity contribution is -0.137. The molecule has 1 aromatic rings. The highest BCUT2D eigenvalue weighted by Crippen LogP contribution is 2.29. The summed E-state index contributed by atoms with van der Waals surface area (Å²) in [5, 5.41) is 0. The second-order valence-electron chi connectivity index (χ2n) is 3.61. The zero-order valence-electron chi connectivity index (χ0n) is 10.8. The van der Waals surface area contributed by atoms with Gasteiger partial charge in [-0.15, -0.1) is 0 Å². The Morgan fingerprint density at radius 3 is 2.48 bits per heavy atom. The van der Waals surface area contributed by atoms with Crippen molar-refractivity contribution in [2.75, 3.05) is 6.61 Å². The third kappa shape index (κ3) is 4.78. The first-order chi connectivity index (χ1) is 9.67. The van der Waals surface area contributed by atoms with Crippen LogP contribution in [0, 0.1) is 0 Å². The summed E-state index contributed by atoms with van der Waals surface area (Å²) >= 11 is 0. The number of carbonyl (C=O) groups excluding carboxylic acids is 1. The molecule has 21 heavy (non-hydrogen) atoms. The molecule has 0 radical (unpaired) electrons. The van der Waals surface area contributed by atoms with E-state index in [1.807, 2.05) is 0 Å². The third-order valence-corrected chi connectivity index (χ3v) is 3.05. The number of carbonyl (C=O) groups is 1. The van der Waals surface area contributed by atoms with Crippen LogP contribution in [0.1, 0.15) is 12.5 Å². The molecule has 5 nitrogen and oxygen atoms in total. The number of benzene rings is 1. The average molecular weight is 324 g/mol. The fourth-order valence-electron chi connectivity index (χ4n) is 1.21. The zero-order valence-corrected chi connectivity index (χ0v) is 11.6. The van der Waals surface area contributed by atoms with Crippen LogP contribution in [0.2, 0.25) is 0 Å². The second-order valence-corrected chi connectivity index (χ2v) is 5.14. The van der Waals surface area contributed by atoms with E-state index in [0.29, 0.717) is 0 Å². The molecule has 0 bridgehead atoms. The van der Waals surface area contributed by atoms with Crippen molar-refractivity contribution in [1.29, 1.82) is 0 Å². The number of halogens is 3. The van der Waals surface area contributed by atoms with Gasteiger partial charge >= 0.3 is 21.6 Å². The Kier molecular flexibility index (Phi) is 5.36. The van der Waals surface area contributed by atoms with Gasteiger partial charge in [-0.25, -0.2) is 4.79 Å². The van der Waals surface area contributed by atoms with E-state index in [9.17, 15) is 26.4 Å². The molecule has 0 heterocycles. The normalized spacial score (nSPS) is 12.4. The molecule has 0 unspecified atom stereocenters. The topological polar surface area (TPSA) is 69.7 Å². The fraction of sp³-hybridized carbons (Fsp3) is 0.250. The van der Waals surface area contributed by atoms with Gasteiger partial charge in [-0.3, -0.25) is 0 Å². The van der Waals surface area contributed by atoms with Crippen LogP contribution in [-0.2, 0) is 19.6 Å². The fourth-order valence-corrected chi connectivity index (χ4v) is 1.69. The quantitative estimate of drug-likeness (QED) is 0.360. The van der Waals surface area contributed by atoms with Crippen LogP contribution in [0.3, 0.4) is 0 Å². The molecule has 0 saturated carbocycles. The Morgan fingerprint density at radius 2 is 1.90 bits per heavy atom. The molecule has 0 saturated heterocycles. The van der Waals surface area contributed by atoms with Crippen molar-refractivity contribution in [2.24, 2.45) is 0 Å². The van der Waals surface area contributed by atoms with E-state index < -0.39 is 27.3 Å². The van der Waals surface area contributed by atoms with Crippen LogP contribution in [0.4, 0.5) is 13.2 Å². The molecule has 0 fully saturated rings. The van der Waals surface area contributed by atoms with E-state index in [2.05, 4.69) is 8.92 Å². The molecule has 0 amide bonds. The summed E-state index contributed by atoms with van der Waals surface area (Å²) < 4.78 is 67.3. The molecule has 0 aliphatic carbocycles. The molecule has 0 aromatic heterocycles. The van der Waals surface area contributed by atoms with Crippen molar-refractivity contribution in [1.82, 2.24) is 0 Å². The number of esters is 1. The third-order valence-electron chi connectivity index (χ3n) is 2.09. The number of hydrogen-bond donors (Lipinski definition) is 0. The largest absolute Gasteiger partial charge is 0.534 e. The van der Waals surface area contributed by atoms with Crippen molar-refractivity contribution in [2.45, 2.75) is 12.4 Å². The molecule has 0 atom stereocenters. The van der Waals surface area contributed by atoms with Gasteiger partial charge in [0.1, 0.15) is 5.75 Å². The Balaban J connectivity index is 3.04. The van der Waals surface area contributed by atoms with Crippen LogP contribution >= 0.6 is 0 Å². The highest BCUT2D eigenvalue weighted by molar-refractivity contribution is 7.88. The first-order valence-electron chi connectivity index (χ1n) is 5.62. The van der Waals surface area contributed by atoms with E-state index in [0.717, 1.165) is 18.2 Å². The minimum absolute atomic E-state index is 0.0154. The maximum Gasteiger partial charge on any atom is 0.534 e. The van der Waals surface area contributed by atoms with Crippen LogP contribution in [0.15, 0.2) is 30.3 Å². The first-order valence-corrected chi connectivity index (χ1v) is 7.03. The first kappa shape index (κ1) is 17.0. The van der Waals surface area contributed by atoms with E-state index >= 15 is 0 Å². The summed E-state index contributed by atoms with van der Waals surface area (Å²) in [6, 6.07) is 5.06. The Labute approximate surface area is 119 Å². The van der Waals surface area contributed by atoms with Gasteiger partial charge in [0.15, 0.2) is 0 Å². The predicted molar refractivity (Wildman–Crippen MR) is 67.7 cm³/mol. The number of para-hydroxylation sites is 1. The zero-order chi connectivity index (χ0) is 16.1. The van der Waals surface area contributed by atoms with Crippen molar-refractivity contribution in [3.63, 3.8) is 0 Å². The lowest BCUT2D eigenvalue weighted by atomic mass is 10.2. The summed E-state index contributed by atoms with van der Waals surface area (Å²) in [6.45, 7) is 1.71. The number of rotatable bonds is 5. The molecular weight excluding hydrogens is 313 g/mol. The smallest absolute Gasteiger partial charge is 0.463 e. The summed E-state index contributed by atoms with van der Waals surface area (Å²) in [5.74, 6) is -1.26. The predicted octanol–water partition coefficient (Wildman–Crippen LogP) is 2.49. The Morgan fingerprint density at radius 1 is 1.29 bits per heavy atom. The summed E-state index contributed by atoms with van der Waals surface area (Å²) in [6.07, 6.45) is 2.05. The highest BCUT2D eigenvalue weighted by atomic mass is 32.2. The lowest BCUT2D eigenvalue weighted by Gasteiger charge is -2.11. The van der Waals surface area contributed by atoms with Gasteiger partial charge in [0.25, 0.3) is 0 Å². The van der Waals surface area contributed by atoms with E-state index in [-0.39, 0.29) is 12.2 Å². The highest BCUT2D eigenvalue weighted by Gasteiger charge is 2.48. The molecule has 0 aliphatic heterocycles. The monoisotopic (exact) mass is 324 g/mol. The minimum atomic E-state index is -5.77. The molecule has 1 aromatic carbocycles. The van der Waals surface area contributed by atoms with E-state index in [1.54, 1.807) is 6.92 Å². The Bertz CT molecular complexity index is 635. The van der Waals surface area contributed by atoms with E-state index in [1.165, 1.54) is 18.2 Å². The van der Waals surface area contributed by atoms with Crippen molar-refractivity contribution in [3.8, 4) is 5.75 Å². The lowest BCUT2D eigenvalue weighted by Crippen LogP contribution is -2.28. The molecular formula is C12H11F3O5S. The van der Waals surface area contributed by atoms with Crippen LogP contribution in [-0.4, -0.2) is 26.5 Å². The molecule has 0 N–H and O–H groups in total. The van der Waals surface area contributed by atoms with Gasteiger partial charge in [0, 0.05) is 11.6 Å². The number of alkyl halides is 3. The maximum atomic E-state index is 12.3. The van der Waals surface area contributed by atoms with Gasteiger partial charge in [0.2, 0.25) is 0 Å². The van der Waals surface area contributed by atoms with Gasteiger partial charge in [-0.1, -0.05) is 18.2 Å². The summed E-state index contributed by atoms with van der Waals surface area (Å²) in [5.41, 5.74) is -5.55. The standard InChI is InChI=1S/C12H11F3O5S/c1-2-19-11(16)8-7-9-5-3-4-6-10(9)20-21(17,18)12(13,14)15/h3-8H,2H2,1H3/b8-7+. The average Bonchev–Trinajstić information content (AvgIpc) is 2.36. The molecule has 1 rings (SSSR count). The van der Waals surface area contributed by atoms with Gasteiger partial charge in [0.05, 0.1) is 6.61 Å².